The van der Waals surface area contributed by atoms with E-state index >= 15 is 0 Å². The van der Waals surface area contributed by atoms with Gasteiger partial charge in [0.1, 0.15) is 0 Å². The second-order valence-electron chi connectivity index (χ2n) is 4.07. The van der Waals surface area contributed by atoms with Crippen LogP contribution in [0.2, 0.25) is 0 Å². The molecule has 0 saturated carbocycles. The minimum Gasteiger partial charge on any atom is -0.396 e. The van der Waals surface area contributed by atoms with Gasteiger partial charge in [-0.2, -0.15) is 0 Å². The fourth-order valence-electron chi connectivity index (χ4n) is 1.57. The summed E-state index contributed by atoms with van der Waals surface area (Å²) in [4.78, 5) is 13.2. The van der Waals surface area contributed by atoms with E-state index in [1.807, 2.05) is 6.92 Å². The summed E-state index contributed by atoms with van der Waals surface area (Å²) >= 11 is 0.683. The summed E-state index contributed by atoms with van der Waals surface area (Å²) in [5.74, 6) is 0.0979. The van der Waals surface area contributed by atoms with Crippen LogP contribution in [0.5, 0.6) is 0 Å². The van der Waals surface area contributed by atoms with Crippen LogP contribution in [0.4, 0.5) is 0 Å². The molecule has 0 saturated heterocycles. The van der Waals surface area contributed by atoms with Crippen LogP contribution in [0.1, 0.15) is 25.5 Å². The number of H-pyrrole nitrogens is 1. The number of aliphatic hydroxyl groups excluding tert-OH is 1. The molecule has 1 heterocycles. The maximum Gasteiger partial charge on any atom is 0.305 e. The molecule has 104 valence electrons. The van der Waals surface area contributed by atoms with Crippen molar-refractivity contribution < 1.29 is 13.5 Å². The molecular weight excluding hydrogens is 276 g/mol. The van der Waals surface area contributed by atoms with Crippen molar-refractivity contribution in [2.75, 3.05) is 13.2 Å². The largest absolute Gasteiger partial charge is 0.396 e. The molecule has 0 aromatic carbocycles. The minimum absolute atomic E-state index is 0.0337. The number of aliphatic hydroxyl groups is 1. The van der Waals surface area contributed by atoms with Crippen LogP contribution in [-0.4, -0.2) is 31.7 Å². The van der Waals surface area contributed by atoms with E-state index in [1.165, 1.54) is 0 Å². The van der Waals surface area contributed by atoms with Gasteiger partial charge in [0.2, 0.25) is 0 Å². The lowest BCUT2D eigenvalue weighted by Crippen LogP contribution is -2.29. The highest BCUT2D eigenvalue weighted by Crippen LogP contribution is 2.16. The second-order valence-corrected chi connectivity index (χ2v) is 7.01. The number of aromatic amines is 1. The van der Waals surface area contributed by atoms with Crippen LogP contribution in [0.15, 0.2) is 9.00 Å². The first-order chi connectivity index (χ1) is 8.40. The number of nitrogens with one attached hydrogen (secondary N) is 2. The van der Waals surface area contributed by atoms with Crippen LogP contribution in [0.3, 0.4) is 0 Å². The van der Waals surface area contributed by atoms with E-state index < -0.39 is 10.0 Å². The Balaban J connectivity index is 2.77. The van der Waals surface area contributed by atoms with Gasteiger partial charge in [-0.1, -0.05) is 24.7 Å². The van der Waals surface area contributed by atoms with Crippen molar-refractivity contribution in [1.82, 2.24) is 9.71 Å². The summed E-state index contributed by atoms with van der Waals surface area (Å²) in [6.45, 7) is 3.80. The molecule has 0 fully saturated rings. The van der Waals surface area contributed by atoms with Gasteiger partial charge in [0.15, 0.2) is 4.21 Å². The Hall–Kier alpha value is -0.700. The number of aromatic nitrogens is 1. The Morgan fingerprint density at radius 3 is 2.61 bits per heavy atom. The quantitative estimate of drug-likeness (QED) is 0.679. The van der Waals surface area contributed by atoms with Gasteiger partial charge in [-0.25, -0.2) is 13.1 Å². The first-order valence-corrected chi connectivity index (χ1v) is 8.01. The number of rotatable bonds is 7. The van der Waals surface area contributed by atoms with Gasteiger partial charge in [-0.15, -0.1) is 0 Å². The van der Waals surface area contributed by atoms with E-state index in [-0.39, 0.29) is 28.2 Å². The van der Waals surface area contributed by atoms with E-state index in [0.717, 1.165) is 6.42 Å². The lowest BCUT2D eigenvalue weighted by Gasteiger charge is -2.14. The fraction of sp³-hybridized carbons (Fsp3) is 0.700. The van der Waals surface area contributed by atoms with Crippen LogP contribution in [0, 0.1) is 12.8 Å². The lowest BCUT2D eigenvalue weighted by atomic mass is 10.0. The highest BCUT2D eigenvalue weighted by Gasteiger charge is 2.21. The minimum atomic E-state index is -3.64. The molecular formula is C10H18N2O4S2. The molecule has 1 unspecified atom stereocenters. The van der Waals surface area contributed by atoms with Crippen LogP contribution in [-0.2, 0) is 10.0 Å². The van der Waals surface area contributed by atoms with Gasteiger partial charge >= 0.3 is 4.87 Å². The van der Waals surface area contributed by atoms with E-state index in [9.17, 15) is 13.2 Å². The SMILES string of the molecule is CCC(CCO)CNS(=O)(=O)c1sc(=O)[nH]c1C. The van der Waals surface area contributed by atoms with Crippen molar-refractivity contribution in [3.05, 3.63) is 15.4 Å². The van der Waals surface area contributed by atoms with Gasteiger partial charge < -0.3 is 10.1 Å². The zero-order chi connectivity index (χ0) is 13.8. The van der Waals surface area contributed by atoms with E-state index in [2.05, 4.69) is 9.71 Å². The predicted molar refractivity (Wildman–Crippen MR) is 70.3 cm³/mol. The molecule has 0 spiro atoms. The summed E-state index contributed by atoms with van der Waals surface area (Å²) in [7, 11) is -3.64. The lowest BCUT2D eigenvalue weighted by molar-refractivity contribution is 0.254. The van der Waals surface area contributed by atoms with Gasteiger partial charge in [0.05, 0.1) is 0 Å². The van der Waals surface area contributed by atoms with Crippen molar-refractivity contribution in [3.8, 4) is 0 Å². The molecule has 8 heteroatoms. The molecule has 18 heavy (non-hydrogen) atoms. The van der Waals surface area contributed by atoms with Crippen molar-refractivity contribution in [2.24, 2.45) is 5.92 Å². The van der Waals surface area contributed by atoms with Crippen molar-refractivity contribution in [3.63, 3.8) is 0 Å². The van der Waals surface area contributed by atoms with Gasteiger partial charge in [-0.05, 0) is 19.3 Å². The molecule has 0 amide bonds. The second kappa shape index (κ2) is 6.46. The van der Waals surface area contributed by atoms with Crippen LogP contribution in [0.25, 0.3) is 0 Å². The van der Waals surface area contributed by atoms with Gasteiger partial charge in [0.25, 0.3) is 10.0 Å². The third-order valence-corrected chi connectivity index (χ3v) is 5.73. The van der Waals surface area contributed by atoms with Crippen LogP contribution < -0.4 is 9.60 Å². The average molecular weight is 294 g/mol. The smallest absolute Gasteiger partial charge is 0.305 e. The highest BCUT2D eigenvalue weighted by atomic mass is 32.2. The Morgan fingerprint density at radius 1 is 1.50 bits per heavy atom. The molecule has 1 aromatic rings. The molecule has 0 radical (unpaired) electrons. The maximum absolute atomic E-state index is 12.0. The Kier molecular flexibility index (Phi) is 5.51. The van der Waals surface area contributed by atoms with Crippen molar-refractivity contribution >= 4 is 21.4 Å². The molecule has 1 aromatic heterocycles. The van der Waals surface area contributed by atoms with Crippen molar-refractivity contribution in [2.45, 2.75) is 30.9 Å². The molecule has 0 bridgehead atoms. The normalized spacial score (nSPS) is 13.7. The molecule has 1 rings (SSSR count). The molecule has 1 atom stereocenters. The number of hydrogen-bond acceptors (Lipinski definition) is 5. The fourth-order valence-corrected chi connectivity index (χ4v) is 4.03. The Bertz CT molecular complexity index is 532. The summed E-state index contributed by atoms with van der Waals surface area (Å²) in [6.07, 6.45) is 1.34. The molecule has 0 aliphatic carbocycles. The van der Waals surface area contributed by atoms with E-state index in [0.29, 0.717) is 23.5 Å². The monoisotopic (exact) mass is 294 g/mol. The first kappa shape index (κ1) is 15.4. The molecule has 0 aliphatic rings. The highest BCUT2D eigenvalue weighted by molar-refractivity contribution is 7.91. The summed E-state index contributed by atoms with van der Waals surface area (Å²) in [5, 5.41) is 8.84. The number of aryl methyl sites for hydroxylation is 1. The maximum atomic E-state index is 12.0. The molecule has 0 aliphatic heterocycles. The van der Waals surface area contributed by atoms with E-state index in [4.69, 9.17) is 5.11 Å². The standard InChI is InChI=1S/C10H18N2O4S2/c1-3-8(4-5-13)6-11-18(15,16)9-7(2)12-10(14)17-9/h8,11,13H,3-6H2,1-2H3,(H,12,14). The van der Waals surface area contributed by atoms with Gasteiger partial charge in [0, 0.05) is 18.8 Å². The summed E-state index contributed by atoms with van der Waals surface area (Å²) in [5.41, 5.74) is 0.354. The van der Waals surface area contributed by atoms with Gasteiger partial charge in [-0.3, -0.25) is 4.79 Å². The first-order valence-electron chi connectivity index (χ1n) is 5.71. The number of sulfonamides is 1. The zero-order valence-corrected chi connectivity index (χ0v) is 12.0. The molecule has 6 nitrogen and oxygen atoms in total. The number of hydrogen-bond donors (Lipinski definition) is 3. The average Bonchev–Trinajstić information content (AvgIpc) is 2.64. The molecule has 3 N–H and O–H groups in total. The topological polar surface area (TPSA) is 99.3 Å². The van der Waals surface area contributed by atoms with Crippen molar-refractivity contribution in [1.29, 1.82) is 0 Å². The van der Waals surface area contributed by atoms with E-state index in [1.54, 1.807) is 6.92 Å². The Morgan fingerprint density at radius 2 is 2.17 bits per heavy atom. The third-order valence-electron chi connectivity index (χ3n) is 2.70. The van der Waals surface area contributed by atoms with Crippen LogP contribution >= 0.6 is 11.3 Å². The number of thiazole rings is 1. The zero-order valence-electron chi connectivity index (χ0n) is 10.4. The third kappa shape index (κ3) is 3.91. The predicted octanol–water partition coefficient (Wildman–Crippen LogP) is 0.432. The summed E-state index contributed by atoms with van der Waals surface area (Å²) in [6, 6.07) is 0. The Labute approximate surface area is 110 Å². The summed E-state index contributed by atoms with van der Waals surface area (Å²) < 4.78 is 26.4.